The van der Waals surface area contributed by atoms with Crippen LogP contribution in [0.1, 0.15) is 236 Å². The quantitative estimate of drug-likeness (QED) is 0.0269. The number of hydrogen-bond acceptors (Lipinski definition) is 24. The van der Waals surface area contributed by atoms with Crippen molar-refractivity contribution >= 4 is 83.1 Å². The van der Waals surface area contributed by atoms with Crippen molar-refractivity contribution in [3.8, 4) is 0 Å². The summed E-state index contributed by atoms with van der Waals surface area (Å²) in [4.78, 5) is 195. The molecule has 0 saturated heterocycles. The molecule has 30 nitrogen and oxygen atoms in total. The number of fused-ring (bicyclic) bond motifs is 4. The number of carbonyl (C=O) groups excluding carboxylic acids is 14. The number of unbranched alkanes of at least 4 members (excludes halogenated alkanes) is 4. The van der Waals surface area contributed by atoms with E-state index in [0.717, 1.165) is 86.8 Å². The van der Waals surface area contributed by atoms with Gasteiger partial charge in [0, 0.05) is 119 Å². The van der Waals surface area contributed by atoms with Crippen LogP contribution in [0.25, 0.3) is 0 Å². The Labute approximate surface area is 772 Å². The average molecular weight is 1820 g/mol. The number of rotatable bonds is 31. The molecule has 130 heavy (non-hydrogen) atoms. The minimum absolute atomic E-state index is 0.00671. The van der Waals surface area contributed by atoms with Gasteiger partial charge in [-0.3, -0.25) is 47.9 Å². The van der Waals surface area contributed by atoms with E-state index < -0.39 is 110 Å². The second-order valence-corrected chi connectivity index (χ2v) is 39.0. The lowest BCUT2D eigenvalue weighted by molar-refractivity contribution is -0.159. The summed E-state index contributed by atoms with van der Waals surface area (Å²) in [6.45, 7) is 35.4. The molecule has 30 heteroatoms. The molecule has 8 amide bonds. The van der Waals surface area contributed by atoms with Crippen LogP contribution in [-0.2, 0) is 105 Å². The Morgan fingerprint density at radius 2 is 0.900 bits per heavy atom. The summed E-state index contributed by atoms with van der Waals surface area (Å²) in [5.41, 5.74) is -6.34. The maximum absolute atomic E-state index is 14.2. The first-order valence-electron chi connectivity index (χ1n) is 47.4. The van der Waals surface area contributed by atoms with Crippen LogP contribution in [0.3, 0.4) is 0 Å². The highest BCUT2D eigenvalue weighted by Crippen LogP contribution is 2.61. The van der Waals surface area contributed by atoms with Gasteiger partial charge in [0.15, 0.2) is 11.1 Å². The maximum atomic E-state index is 14.2. The van der Waals surface area contributed by atoms with Crippen molar-refractivity contribution in [3.63, 3.8) is 0 Å². The standard InChI is InChI=1S/C28H44N2O7.C26H40N2O7.C24H37NO5.C22H33NO5/c1-9-12-13-14-15-29(7)23(31)21-16-20(35-8)17-22(21)24(32)30(26(34)37-27(4,5)6)28(18-19(28)10-2)25(33)36-11-3;1-7-34-23(31)26-16-17(26)12-10-8-9-11-13-27(5)21(29)19-14-18(33-6)15-20(19)22(30)28(26)24(32)35-25(2,3)4;1-6-9-10-11-12-25(4)22(27)20-14-18(29-5)13-19(20)21(26)16-24(15-17(24)7-2)23(28)30-8-3;1-4-28-21(26)22-13-15(22)9-7-5-6-8-10-23(2)20(25)18-12-16(27-3)11-17(18)19(24)14-22/h9-10,19-22H,1-2,11-18H2,3-8H3;10,12,17-20H,7-9,11,13-16H2,1-6H3;6-7,17-20H,1-2,8-16H2,3-5H3;7,9,15-18H,4-6,8,10-14H2,1-3H3/b;12-10-;;9-7-/t19-,20+,21-,22-,28-;17-,18+,19-,20-,26-;17-,18-,19-,20-,24-;15-,16-,17-,18-,22-/m1111/s1. The molecule has 2 heterocycles. The summed E-state index contributed by atoms with van der Waals surface area (Å²) in [5, 5.41) is 0. The van der Waals surface area contributed by atoms with Crippen LogP contribution in [0.4, 0.5) is 9.59 Å². The van der Waals surface area contributed by atoms with Gasteiger partial charge in [0.2, 0.25) is 35.4 Å². The lowest BCUT2D eigenvalue weighted by Gasteiger charge is -2.34. The summed E-state index contributed by atoms with van der Waals surface area (Å²) >= 11 is 0. The van der Waals surface area contributed by atoms with Crippen molar-refractivity contribution in [1.29, 1.82) is 0 Å². The van der Waals surface area contributed by atoms with E-state index in [4.69, 9.17) is 47.4 Å². The number of amides is 8. The van der Waals surface area contributed by atoms with Crippen molar-refractivity contribution in [2.24, 2.45) is 81.8 Å². The first-order valence-corrected chi connectivity index (χ1v) is 47.4. The van der Waals surface area contributed by atoms with Gasteiger partial charge < -0.3 is 67.0 Å². The number of carbonyl (C=O) groups is 14. The topological polar surface area (TPSA) is 351 Å². The Kier molecular flexibility index (Phi) is 40.6. The van der Waals surface area contributed by atoms with Crippen molar-refractivity contribution in [2.45, 2.75) is 283 Å². The van der Waals surface area contributed by atoms with Gasteiger partial charge in [0.25, 0.3) is 0 Å². The Morgan fingerprint density at radius 3 is 1.35 bits per heavy atom. The minimum Gasteiger partial charge on any atom is -0.466 e. The Morgan fingerprint density at radius 1 is 0.477 bits per heavy atom. The first kappa shape index (κ1) is 108. The van der Waals surface area contributed by atoms with Crippen LogP contribution in [0.5, 0.6) is 0 Å². The van der Waals surface area contributed by atoms with Crippen molar-refractivity contribution in [3.05, 3.63) is 74.9 Å². The van der Waals surface area contributed by atoms with Crippen molar-refractivity contribution < 1.29 is 114 Å². The number of allylic oxidation sites excluding steroid dienone is 6. The number of nitrogens with zero attached hydrogens (tertiary/aromatic N) is 6. The molecular weight excluding hydrogens is 1670 g/mol. The summed E-state index contributed by atoms with van der Waals surface area (Å²) < 4.78 is 54.5. The van der Waals surface area contributed by atoms with Crippen LogP contribution in [0.2, 0.25) is 0 Å². The molecule has 0 aromatic heterocycles. The Balaban J connectivity index is 0.000000238. The molecule has 0 spiro atoms. The number of ketones is 2. The fraction of sp³-hybridized carbons (Fsp3) is 0.740. The highest BCUT2D eigenvalue weighted by Gasteiger charge is 2.71. The van der Waals surface area contributed by atoms with E-state index in [9.17, 15) is 67.1 Å². The van der Waals surface area contributed by atoms with Gasteiger partial charge in [-0.25, -0.2) is 29.0 Å². The predicted octanol–water partition coefficient (Wildman–Crippen LogP) is 13.7. The normalized spacial score (nSPS) is 31.4. The lowest BCUT2D eigenvalue weighted by Crippen LogP contribution is -2.56. The summed E-state index contributed by atoms with van der Waals surface area (Å²) in [6.07, 6.45) is 28.7. The molecule has 8 aliphatic carbocycles. The van der Waals surface area contributed by atoms with Gasteiger partial charge in [-0.2, -0.15) is 0 Å². The smallest absolute Gasteiger partial charge is 0.418 e. The number of methoxy groups -OCH3 is 4. The summed E-state index contributed by atoms with van der Waals surface area (Å²) in [7, 11) is 13.4. The molecule has 10 rings (SSSR count). The number of ether oxygens (including phenoxy) is 10. The van der Waals surface area contributed by atoms with Gasteiger partial charge in [0.05, 0.1) is 97.2 Å². The van der Waals surface area contributed by atoms with Gasteiger partial charge >= 0.3 is 36.1 Å². The van der Waals surface area contributed by atoms with Gasteiger partial charge in [-0.1, -0.05) is 48.6 Å². The zero-order chi connectivity index (χ0) is 96.6. The SMILES string of the molecule is C=CCCCCN(C)C(=O)[C@@H]1C[C@H](OC)C[C@H]1C(=O)C[C@]1(C(=O)OCC)C[C@H]1C=C.C=CCCCCN(C)C(=O)[C@@H]1C[C@H](OC)C[C@H]1C(=O)N(C(=O)OC(C)(C)C)[C@]1(C(=O)OCC)C[C@H]1C=C.CCOC(=O)[C@@]12C[C@H]1/C=C\CCCCN(C)C(=O)[C@@H]1C[C@H](OC)C[C@H]1C(=O)N2C(=O)OC(C)(C)C.CCOC(=O)[C@]12CC(=O)[C@@H]3C[C@@H](OC)C[C@H]3C(=O)N(C)CCCC/C=C\[C@@H]1C2. The predicted molar refractivity (Wildman–Crippen MR) is 488 cm³/mol. The molecule has 8 fully saturated rings. The summed E-state index contributed by atoms with van der Waals surface area (Å²) in [5.74, 6) is -8.76. The number of Topliss-reactive ketones (excluding diaryl/α,β-unsaturated/α-hetero) is 2. The van der Waals surface area contributed by atoms with Crippen molar-refractivity contribution in [2.75, 3.05) is 109 Å². The molecule has 8 saturated carbocycles. The van der Waals surface area contributed by atoms with E-state index in [2.05, 4.69) is 38.5 Å². The van der Waals surface area contributed by atoms with Crippen LogP contribution in [0.15, 0.2) is 74.9 Å². The first-order chi connectivity index (χ1) is 61.6. The number of hydrogen-bond donors (Lipinski definition) is 0. The molecule has 0 aromatic rings. The third-order valence-corrected chi connectivity index (χ3v) is 27.7. The molecule has 10 aliphatic rings. The highest BCUT2D eigenvalue weighted by atomic mass is 16.6. The van der Waals surface area contributed by atoms with Crippen LogP contribution < -0.4 is 0 Å². The molecule has 0 radical (unpaired) electrons. The van der Waals surface area contributed by atoms with E-state index in [1.807, 2.05) is 31.4 Å². The zero-order valence-corrected chi connectivity index (χ0v) is 81.2. The molecule has 0 N–H and O–H groups in total. The molecule has 20 atom stereocenters. The minimum atomic E-state index is -1.54. The van der Waals surface area contributed by atoms with E-state index in [1.165, 1.54) is 0 Å². The molecular formula is C100H154N6O24. The van der Waals surface area contributed by atoms with E-state index >= 15 is 0 Å². The van der Waals surface area contributed by atoms with E-state index in [-0.39, 0.29) is 159 Å². The maximum Gasteiger partial charge on any atom is 0.418 e. The third-order valence-electron chi connectivity index (χ3n) is 27.7. The van der Waals surface area contributed by atoms with Gasteiger partial charge in [-0.05, 0) is 235 Å². The van der Waals surface area contributed by atoms with Crippen LogP contribution in [-0.4, -0.2) is 268 Å². The van der Waals surface area contributed by atoms with Gasteiger partial charge in [0.1, 0.15) is 22.8 Å². The molecule has 728 valence electrons. The number of esters is 4. The fourth-order valence-electron chi connectivity index (χ4n) is 19.9. The zero-order valence-electron chi connectivity index (χ0n) is 81.2. The highest BCUT2D eigenvalue weighted by molar-refractivity contribution is 6.05. The van der Waals surface area contributed by atoms with Crippen molar-refractivity contribution in [1.82, 2.24) is 29.4 Å². The van der Waals surface area contributed by atoms with Crippen LogP contribution in [0, 0.1) is 81.8 Å². The summed E-state index contributed by atoms with van der Waals surface area (Å²) in [6, 6.07) is 0. The second-order valence-electron chi connectivity index (χ2n) is 39.0. The van der Waals surface area contributed by atoms with Gasteiger partial charge in [-0.15, -0.1) is 26.3 Å². The molecule has 0 aromatic carbocycles. The van der Waals surface area contributed by atoms with E-state index in [0.29, 0.717) is 84.2 Å². The molecule has 0 unspecified atom stereocenters. The van der Waals surface area contributed by atoms with Crippen LogP contribution >= 0.6 is 0 Å². The Bertz CT molecular complexity index is 4050. The average Bonchev–Trinajstić information content (AvgIpc) is 1.55. The fourth-order valence-corrected chi connectivity index (χ4v) is 19.9. The largest absolute Gasteiger partial charge is 0.466 e. The monoisotopic (exact) mass is 1820 g/mol. The van der Waals surface area contributed by atoms with E-state index in [1.54, 1.807) is 151 Å². The Hall–Kier alpha value is -8.74. The second kappa shape index (κ2) is 48.8. The molecule has 0 bridgehead atoms. The third kappa shape index (κ3) is 26.8. The molecule has 2 aliphatic heterocycles. The number of imide groups is 2. The lowest BCUT2D eigenvalue weighted by atomic mass is 9.84.